The first-order chi connectivity index (χ1) is 16.7. The van der Waals surface area contributed by atoms with Crippen LogP contribution >= 0.6 is 0 Å². The summed E-state index contributed by atoms with van der Waals surface area (Å²) in [6.07, 6.45) is 4.76. The molecule has 3 atom stereocenters. The Morgan fingerprint density at radius 3 is 2.50 bits per heavy atom. The maximum atomic E-state index is 14.0. The lowest BCUT2D eigenvalue weighted by Crippen LogP contribution is -2.49. The van der Waals surface area contributed by atoms with Crippen LogP contribution in [0.5, 0.6) is 0 Å². The molecule has 0 aliphatic carbocycles. The first-order valence-corrected chi connectivity index (χ1v) is 12.7. The molecular weight excluding hydrogens is 422 g/mol. The van der Waals surface area contributed by atoms with Crippen molar-refractivity contribution in [3.05, 3.63) is 77.9 Å². The lowest BCUT2D eigenvalue weighted by atomic mass is 9.85. The number of carbonyl (C=O) groups excluding carboxylic acids is 1. The monoisotopic (exact) mass is 455 g/mol. The summed E-state index contributed by atoms with van der Waals surface area (Å²) in [4.78, 5) is 24.5. The van der Waals surface area contributed by atoms with Crippen molar-refractivity contribution in [1.82, 2.24) is 9.96 Å². The largest absolute Gasteiger partial charge is 0.372 e. The second kappa shape index (κ2) is 9.05. The zero-order chi connectivity index (χ0) is 23.1. The Kier molecular flexibility index (Phi) is 5.75. The molecule has 3 fully saturated rings. The molecule has 0 saturated carbocycles. The molecule has 0 radical (unpaired) electrons. The molecule has 34 heavy (non-hydrogen) atoms. The van der Waals surface area contributed by atoms with Crippen LogP contribution in [0, 0.1) is 5.92 Å². The van der Waals surface area contributed by atoms with Crippen molar-refractivity contribution >= 4 is 22.4 Å². The van der Waals surface area contributed by atoms with Crippen molar-refractivity contribution in [1.29, 1.82) is 0 Å². The van der Waals surface area contributed by atoms with Crippen LogP contribution in [0.3, 0.4) is 0 Å². The van der Waals surface area contributed by atoms with E-state index in [0.717, 1.165) is 42.4 Å². The van der Waals surface area contributed by atoms with E-state index in [1.165, 1.54) is 30.5 Å². The Morgan fingerprint density at radius 2 is 1.68 bits per heavy atom. The highest BCUT2D eigenvalue weighted by atomic mass is 16.7. The van der Waals surface area contributed by atoms with E-state index in [4.69, 9.17) is 4.84 Å². The van der Waals surface area contributed by atoms with Gasteiger partial charge >= 0.3 is 0 Å². The van der Waals surface area contributed by atoms with E-state index in [-0.39, 0.29) is 11.9 Å². The van der Waals surface area contributed by atoms with E-state index < -0.39 is 0 Å². The van der Waals surface area contributed by atoms with Gasteiger partial charge in [0.05, 0.1) is 12.6 Å². The number of likely N-dealkylation sites (tertiary alicyclic amines) is 1. The van der Waals surface area contributed by atoms with Crippen molar-refractivity contribution in [2.45, 2.75) is 37.8 Å². The number of nitrogens with zero attached hydrogens (tertiary/aromatic N) is 3. The summed E-state index contributed by atoms with van der Waals surface area (Å²) in [6, 6.07) is 23.6. The fourth-order valence-electron chi connectivity index (χ4n) is 6.13. The number of fused-ring (bicyclic) bond motifs is 2. The first-order valence-electron chi connectivity index (χ1n) is 12.7. The molecule has 3 aromatic rings. The number of anilines is 1. The van der Waals surface area contributed by atoms with Gasteiger partial charge in [0.15, 0.2) is 0 Å². The molecule has 1 amide bonds. The third-order valence-corrected chi connectivity index (χ3v) is 8.06. The van der Waals surface area contributed by atoms with Gasteiger partial charge in [0.1, 0.15) is 0 Å². The maximum absolute atomic E-state index is 14.0. The fourth-order valence-corrected chi connectivity index (χ4v) is 6.13. The molecule has 3 heterocycles. The van der Waals surface area contributed by atoms with Gasteiger partial charge < -0.3 is 9.80 Å². The van der Waals surface area contributed by atoms with Crippen LogP contribution in [-0.2, 0) is 4.84 Å². The minimum Gasteiger partial charge on any atom is -0.372 e. The zero-order valence-electron chi connectivity index (χ0n) is 19.9. The molecule has 3 saturated heterocycles. The van der Waals surface area contributed by atoms with Crippen molar-refractivity contribution in [2.75, 3.05) is 38.2 Å². The molecule has 0 bridgehead atoms. The Bertz CT molecular complexity index is 1170. The van der Waals surface area contributed by atoms with Gasteiger partial charge in [-0.15, -0.1) is 0 Å². The fraction of sp³-hybridized carbons (Fsp3) is 0.414. The predicted octanol–water partition coefficient (Wildman–Crippen LogP) is 5.28. The van der Waals surface area contributed by atoms with Gasteiger partial charge in [0.25, 0.3) is 5.91 Å². The lowest BCUT2D eigenvalue weighted by molar-refractivity contribution is -0.114. The highest BCUT2D eigenvalue weighted by Crippen LogP contribution is 2.40. The minimum absolute atomic E-state index is 0.0345. The Morgan fingerprint density at radius 1 is 0.912 bits per heavy atom. The lowest BCUT2D eigenvalue weighted by Gasteiger charge is -2.42. The third-order valence-electron chi connectivity index (χ3n) is 8.06. The van der Waals surface area contributed by atoms with Gasteiger partial charge in [-0.1, -0.05) is 48.5 Å². The van der Waals surface area contributed by atoms with Crippen LogP contribution in [-0.4, -0.2) is 55.2 Å². The average molecular weight is 456 g/mol. The number of carbonyl (C=O) groups is 1. The normalized spacial score (nSPS) is 25.5. The SMILES string of the molecule is CN1OC[C@@H]2CN(C(=O)c3cccc4ccccc34)[C@H](c3ccc(N4CCCCC4)cc3)C[C@@H]21. The Hall–Kier alpha value is -2.89. The van der Waals surface area contributed by atoms with E-state index in [0.29, 0.717) is 18.6 Å². The van der Waals surface area contributed by atoms with Gasteiger partial charge in [-0.05, 0) is 60.2 Å². The molecule has 0 N–H and O–H groups in total. The van der Waals surface area contributed by atoms with Crippen LogP contribution in [0.1, 0.15) is 47.6 Å². The summed E-state index contributed by atoms with van der Waals surface area (Å²) in [6.45, 7) is 3.68. The summed E-state index contributed by atoms with van der Waals surface area (Å²) >= 11 is 0. The molecule has 0 spiro atoms. The number of hydrogen-bond acceptors (Lipinski definition) is 4. The van der Waals surface area contributed by atoms with Gasteiger partial charge in [0.2, 0.25) is 0 Å². The quantitative estimate of drug-likeness (QED) is 0.538. The molecule has 5 heteroatoms. The molecule has 3 aromatic carbocycles. The van der Waals surface area contributed by atoms with Gasteiger partial charge in [-0.25, -0.2) is 0 Å². The van der Waals surface area contributed by atoms with Gasteiger partial charge in [-0.2, -0.15) is 5.06 Å². The minimum atomic E-state index is 0.0345. The molecule has 0 unspecified atom stereocenters. The summed E-state index contributed by atoms with van der Waals surface area (Å²) in [7, 11) is 2.03. The average Bonchev–Trinajstić information content (AvgIpc) is 3.27. The van der Waals surface area contributed by atoms with Crippen LogP contribution in [0.4, 0.5) is 5.69 Å². The zero-order valence-corrected chi connectivity index (χ0v) is 19.9. The number of hydroxylamine groups is 2. The Labute approximate surface area is 201 Å². The predicted molar refractivity (Wildman–Crippen MR) is 136 cm³/mol. The number of rotatable bonds is 3. The topological polar surface area (TPSA) is 36.0 Å². The third kappa shape index (κ3) is 3.87. The maximum Gasteiger partial charge on any atom is 0.255 e. The molecule has 3 aliphatic rings. The van der Waals surface area contributed by atoms with Crippen LogP contribution in [0.25, 0.3) is 10.8 Å². The molecule has 0 aromatic heterocycles. The summed E-state index contributed by atoms with van der Waals surface area (Å²) in [5.41, 5.74) is 3.30. The van der Waals surface area contributed by atoms with Crippen LogP contribution in [0.2, 0.25) is 0 Å². The molecule has 3 aliphatic heterocycles. The van der Waals surface area contributed by atoms with Crippen LogP contribution in [0.15, 0.2) is 66.7 Å². The second-order valence-corrected chi connectivity index (χ2v) is 10.0. The van der Waals surface area contributed by atoms with E-state index in [1.54, 1.807) is 0 Å². The molecule has 176 valence electrons. The standard InChI is InChI=1S/C29H33N3O2/c1-30-27-18-28(22-12-14-24(15-13-22)31-16-5-2-6-17-31)32(19-23(27)20-34-30)29(33)26-11-7-9-21-8-3-4-10-25(21)26/h3-4,7-15,23,27-28H,2,5-6,16-20H2,1H3/t23-,27-,28-/m0/s1. The van der Waals surface area contributed by atoms with Crippen LogP contribution < -0.4 is 4.90 Å². The first kappa shape index (κ1) is 21.6. The van der Waals surface area contributed by atoms with E-state index >= 15 is 0 Å². The van der Waals surface area contributed by atoms with E-state index in [1.807, 2.05) is 36.4 Å². The van der Waals surface area contributed by atoms with Crippen molar-refractivity contribution < 1.29 is 9.63 Å². The summed E-state index contributed by atoms with van der Waals surface area (Å²) in [5, 5.41) is 4.14. The number of amides is 1. The van der Waals surface area contributed by atoms with Crippen molar-refractivity contribution in [3.63, 3.8) is 0 Å². The second-order valence-electron chi connectivity index (χ2n) is 10.0. The molecule has 5 nitrogen and oxygen atoms in total. The summed E-state index contributed by atoms with van der Waals surface area (Å²) < 4.78 is 0. The molecular formula is C29H33N3O2. The number of benzene rings is 3. The van der Waals surface area contributed by atoms with Gasteiger partial charge in [0, 0.05) is 49.9 Å². The highest BCUT2D eigenvalue weighted by Gasteiger charge is 2.44. The number of hydrogen-bond donors (Lipinski definition) is 0. The Balaban J connectivity index is 1.34. The van der Waals surface area contributed by atoms with Crippen molar-refractivity contribution in [2.24, 2.45) is 5.92 Å². The smallest absolute Gasteiger partial charge is 0.255 e. The summed E-state index contributed by atoms with van der Waals surface area (Å²) in [5.74, 6) is 0.461. The van der Waals surface area contributed by atoms with Crippen molar-refractivity contribution in [3.8, 4) is 0 Å². The molecule has 6 rings (SSSR count). The van der Waals surface area contributed by atoms with E-state index in [2.05, 4.69) is 52.3 Å². The number of piperidine rings is 2. The highest BCUT2D eigenvalue weighted by molar-refractivity contribution is 6.07. The van der Waals surface area contributed by atoms with Gasteiger partial charge in [-0.3, -0.25) is 9.63 Å². The van der Waals surface area contributed by atoms with E-state index in [9.17, 15) is 4.79 Å².